The first kappa shape index (κ1) is 22.5. The average Bonchev–Trinajstić information content (AvgIpc) is 3.21. The molecule has 0 N–H and O–H groups in total. The van der Waals surface area contributed by atoms with Crippen molar-refractivity contribution < 1.29 is 14.3 Å². The van der Waals surface area contributed by atoms with Crippen LogP contribution in [0.3, 0.4) is 0 Å². The minimum Gasteiger partial charge on any atom is -0.489 e. The van der Waals surface area contributed by atoms with Crippen LogP contribution in [-0.4, -0.2) is 29.6 Å². The van der Waals surface area contributed by atoms with Crippen molar-refractivity contribution in [2.75, 3.05) is 13.7 Å². The number of hydrogen-bond acceptors (Lipinski definition) is 5. The van der Waals surface area contributed by atoms with Crippen molar-refractivity contribution in [3.63, 3.8) is 0 Å². The minimum absolute atomic E-state index is 0.0922. The van der Waals surface area contributed by atoms with Crippen molar-refractivity contribution in [2.45, 2.75) is 58.6 Å². The molecule has 0 fully saturated rings. The number of aryl methyl sites for hydroxylation is 2. The van der Waals surface area contributed by atoms with E-state index in [9.17, 15) is 9.59 Å². The largest absolute Gasteiger partial charge is 0.489 e. The van der Waals surface area contributed by atoms with Crippen molar-refractivity contribution in [1.29, 1.82) is 0 Å². The Morgan fingerprint density at radius 1 is 1.26 bits per heavy atom. The molecule has 0 bridgehead atoms. The maximum absolute atomic E-state index is 13.6. The number of rotatable bonds is 8. The summed E-state index contributed by atoms with van der Waals surface area (Å²) in [6.07, 6.45) is 4.48. The molecule has 2 aromatic heterocycles. The van der Waals surface area contributed by atoms with Crippen LogP contribution in [-0.2, 0) is 35.5 Å². The van der Waals surface area contributed by atoms with Crippen LogP contribution < -0.4 is 10.3 Å². The first-order valence-corrected chi connectivity index (χ1v) is 11.9. The summed E-state index contributed by atoms with van der Waals surface area (Å²) < 4.78 is 13.2. The Morgan fingerprint density at radius 3 is 2.76 bits per heavy atom. The maximum atomic E-state index is 13.6. The summed E-state index contributed by atoms with van der Waals surface area (Å²) >= 11 is 0. The molecule has 34 heavy (non-hydrogen) atoms. The fourth-order valence-electron chi connectivity index (χ4n) is 5.44. The van der Waals surface area contributed by atoms with Gasteiger partial charge >= 0.3 is 0 Å². The van der Waals surface area contributed by atoms with Gasteiger partial charge in [0.15, 0.2) is 0 Å². The molecule has 1 atom stereocenters. The summed E-state index contributed by atoms with van der Waals surface area (Å²) in [7, 11) is 1.57. The Kier molecular flexibility index (Phi) is 5.86. The summed E-state index contributed by atoms with van der Waals surface area (Å²) in [4.78, 5) is 30.4. The Bertz CT molecular complexity index is 1390. The lowest BCUT2D eigenvalue weighted by Crippen LogP contribution is -2.26. The molecule has 3 aromatic rings. The molecule has 0 amide bonds. The lowest BCUT2D eigenvalue weighted by molar-refractivity contribution is -0.109. The highest BCUT2D eigenvalue weighted by molar-refractivity contribution is 5.93. The van der Waals surface area contributed by atoms with E-state index in [4.69, 9.17) is 14.5 Å². The molecule has 5 rings (SSSR count). The Balaban J connectivity index is 1.73. The molecule has 2 aliphatic rings. The zero-order valence-electron chi connectivity index (χ0n) is 20.1. The Hall–Kier alpha value is -3.25. The van der Waals surface area contributed by atoms with E-state index in [1.807, 2.05) is 32.0 Å². The van der Waals surface area contributed by atoms with Gasteiger partial charge in [-0.1, -0.05) is 13.5 Å². The van der Waals surface area contributed by atoms with Crippen LogP contribution in [0.1, 0.15) is 60.4 Å². The highest BCUT2D eigenvalue weighted by atomic mass is 16.5. The number of fused-ring (bicyclic) bond motifs is 4. The molecule has 0 spiro atoms. The van der Waals surface area contributed by atoms with Crippen molar-refractivity contribution >= 4 is 17.2 Å². The lowest BCUT2D eigenvalue weighted by Gasteiger charge is -2.22. The number of aldehydes is 1. The third-order valence-electron chi connectivity index (χ3n) is 7.05. The topological polar surface area (TPSA) is 70.4 Å². The van der Waals surface area contributed by atoms with Crippen LogP contribution in [0.5, 0.6) is 5.75 Å². The standard InChI is InChI=1S/C28H30N2O4/c1-5-17(13-31)20-11-24-27-21(12-30(24)28(32)22(20)15-33-4)18-7-6-8-19-25(34-14-16(2)3)10-9-23(29-27)26(18)19/h9-11,13,17H,2,5-8,12,14-15H2,1,3-4H3. The molecule has 1 aliphatic carbocycles. The van der Waals surface area contributed by atoms with Gasteiger partial charge in [0, 0.05) is 35.1 Å². The van der Waals surface area contributed by atoms with Gasteiger partial charge in [-0.15, -0.1) is 0 Å². The van der Waals surface area contributed by atoms with E-state index >= 15 is 0 Å². The number of benzene rings is 1. The smallest absolute Gasteiger partial charge is 0.257 e. The SMILES string of the molecule is C=C(C)COc1ccc2nc3c(c4c2c1CCC4)Cn1c-3cc(C(C=O)CC)c(COC)c1=O. The van der Waals surface area contributed by atoms with Gasteiger partial charge in [-0.3, -0.25) is 4.79 Å². The molecule has 1 aliphatic heterocycles. The van der Waals surface area contributed by atoms with E-state index in [1.165, 1.54) is 16.5 Å². The zero-order valence-corrected chi connectivity index (χ0v) is 20.1. The maximum Gasteiger partial charge on any atom is 0.257 e. The lowest BCUT2D eigenvalue weighted by atomic mass is 9.86. The summed E-state index contributed by atoms with van der Waals surface area (Å²) in [6.45, 7) is 9.04. The summed E-state index contributed by atoms with van der Waals surface area (Å²) in [6, 6.07) is 6.01. The monoisotopic (exact) mass is 458 g/mol. The van der Waals surface area contributed by atoms with E-state index in [0.717, 1.165) is 64.9 Å². The van der Waals surface area contributed by atoms with Gasteiger partial charge in [-0.25, -0.2) is 4.98 Å². The quantitative estimate of drug-likeness (QED) is 0.283. The summed E-state index contributed by atoms with van der Waals surface area (Å²) in [5.74, 6) is 0.554. The molecule has 1 aromatic carbocycles. The molecular weight excluding hydrogens is 428 g/mol. The Labute approximate surface area is 199 Å². The molecule has 176 valence electrons. The number of aromatic nitrogens is 2. The van der Waals surface area contributed by atoms with Gasteiger partial charge in [0.1, 0.15) is 18.6 Å². The number of carbonyl (C=O) groups excluding carboxylic acids is 1. The van der Waals surface area contributed by atoms with E-state index in [2.05, 4.69) is 6.58 Å². The van der Waals surface area contributed by atoms with Crippen LogP contribution in [0.15, 0.2) is 35.1 Å². The molecule has 6 nitrogen and oxygen atoms in total. The second-order valence-corrected chi connectivity index (χ2v) is 9.39. The molecular formula is C28H30N2O4. The van der Waals surface area contributed by atoms with E-state index in [0.29, 0.717) is 25.1 Å². The normalized spacial score (nSPS) is 14.6. The highest BCUT2D eigenvalue weighted by Gasteiger charge is 2.31. The van der Waals surface area contributed by atoms with Crippen molar-refractivity contribution in [3.05, 3.63) is 68.5 Å². The van der Waals surface area contributed by atoms with Gasteiger partial charge in [-0.05, 0) is 67.5 Å². The van der Waals surface area contributed by atoms with Gasteiger partial charge in [0.05, 0.1) is 30.1 Å². The van der Waals surface area contributed by atoms with Crippen molar-refractivity contribution in [1.82, 2.24) is 9.55 Å². The van der Waals surface area contributed by atoms with E-state index < -0.39 is 0 Å². The number of hydrogen-bond donors (Lipinski definition) is 0. The van der Waals surface area contributed by atoms with Gasteiger partial charge in [-0.2, -0.15) is 0 Å². The Morgan fingerprint density at radius 2 is 2.06 bits per heavy atom. The average molecular weight is 459 g/mol. The van der Waals surface area contributed by atoms with Crippen LogP contribution in [0, 0.1) is 0 Å². The number of carbonyl (C=O) groups is 1. The second-order valence-electron chi connectivity index (χ2n) is 9.39. The number of methoxy groups -OCH3 is 1. The zero-order chi connectivity index (χ0) is 24.0. The fourth-order valence-corrected chi connectivity index (χ4v) is 5.44. The third kappa shape index (κ3) is 3.48. The third-order valence-corrected chi connectivity index (χ3v) is 7.05. The molecule has 3 heterocycles. The number of pyridine rings is 2. The first-order valence-electron chi connectivity index (χ1n) is 11.9. The molecule has 1 unspecified atom stereocenters. The molecule has 0 saturated heterocycles. The van der Waals surface area contributed by atoms with Crippen molar-refractivity contribution in [2.24, 2.45) is 0 Å². The number of nitrogens with zero attached hydrogens (tertiary/aromatic N) is 2. The number of ether oxygens (including phenoxy) is 2. The van der Waals surface area contributed by atoms with Gasteiger partial charge < -0.3 is 18.8 Å². The van der Waals surface area contributed by atoms with Crippen LogP contribution >= 0.6 is 0 Å². The first-order chi connectivity index (χ1) is 16.5. The van der Waals surface area contributed by atoms with E-state index in [-0.39, 0.29) is 18.1 Å². The van der Waals surface area contributed by atoms with Crippen LogP contribution in [0.4, 0.5) is 0 Å². The predicted octanol–water partition coefficient (Wildman–Crippen LogP) is 4.71. The fraction of sp³-hybridized carbons (Fsp3) is 0.393. The summed E-state index contributed by atoms with van der Waals surface area (Å²) in [5, 5.41) is 1.17. The molecule has 0 radical (unpaired) electrons. The van der Waals surface area contributed by atoms with Gasteiger partial charge in [0.2, 0.25) is 0 Å². The van der Waals surface area contributed by atoms with E-state index in [1.54, 1.807) is 11.7 Å². The second kappa shape index (κ2) is 8.84. The molecule has 0 saturated carbocycles. The van der Waals surface area contributed by atoms with Gasteiger partial charge in [0.25, 0.3) is 5.56 Å². The van der Waals surface area contributed by atoms with Crippen LogP contribution in [0.2, 0.25) is 0 Å². The van der Waals surface area contributed by atoms with Crippen molar-refractivity contribution in [3.8, 4) is 17.1 Å². The minimum atomic E-state index is -0.341. The summed E-state index contributed by atoms with van der Waals surface area (Å²) in [5.41, 5.74) is 8.36. The molecule has 6 heteroatoms. The van der Waals surface area contributed by atoms with Crippen LogP contribution in [0.25, 0.3) is 22.3 Å². The predicted molar refractivity (Wildman–Crippen MR) is 133 cm³/mol. The highest BCUT2D eigenvalue weighted by Crippen LogP contribution is 2.42.